The van der Waals surface area contributed by atoms with E-state index in [1.54, 1.807) is 19.1 Å². The fourth-order valence-corrected chi connectivity index (χ4v) is 3.37. The second-order valence-corrected chi connectivity index (χ2v) is 6.80. The van der Waals surface area contributed by atoms with E-state index in [2.05, 4.69) is 4.90 Å². The molecular weight excluding hydrogens is 336 g/mol. The Hall–Kier alpha value is -2.54. The van der Waals surface area contributed by atoms with Crippen molar-refractivity contribution < 1.29 is 18.7 Å². The fraction of sp³-hybridized carbons (Fsp3) is 0.474. The van der Waals surface area contributed by atoms with Crippen LogP contribution in [-0.4, -0.2) is 29.0 Å². The Labute approximate surface area is 151 Å². The Kier molecular flexibility index (Phi) is 5.46. The van der Waals surface area contributed by atoms with Gasteiger partial charge < -0.3 is 19.7 Å². The second kappa shape index (κ2) is 7.78. The molecule has 0 saturated carbocycles. The Balaban J connectivity index is 1.97. The predicted octanol–water partition coefficient (Wildman–Crippen LogP) is 2.24. The van der Waals surface area contributed by atoms with Crippen LogP contribution in [0.2, 0.25) is 0 Å². The molecule has 3 heterocycles. The van der Waals surface area contributed by atoms with Crippen LogP contribution >= 0.6 is 0 Å². The Morgan fingerprint density at radius 2 is 2.00 bits per heavy atom. The van der Waals surface area contributed by atoms with Gasteiger partial charge in [0, 0.05) is 12.5 Å². The number of carbonyl (C=O) groups excluding carboxylic acids is 1. The van der Waals surface area contributed by atoms with Gasteiger partial charge in [-0.25, -0.2) is 0 Å². The minimum atomic E-state index is -0.741. The van der Waals surface area contributed by atoms with Gasteiger partial charge in [-0.3, -0.25) is 14.5 Å². The van der Waals surface area contributed by atoms with Crippen molar-refractivity contribution in [1.82, 2.24) is 4.90 Å². The molecule has 7 nitrogen and oxygen atoms in total. The minimum Gasteiger partial charge on any atom is -0.502 e. The van der Waals surface area contributed by atoms with Crippen LogP contribution in [0.1, 0.15) is 54.6 Å². The Morgan fingerprint density at radius 1 is 1.27 bits per heavy atom. The van der Waals surface area contributed by atoms with Crippen LogP contribution in [0.25, 0.3) is 0 Å². The van der Waals surface area contributed by atoms with E-state index >= 15 is 0 Å². The molecule has 140 valence electrons. The average Bonchev–Trinajstić information content (AvgIpc) is 3.03. The van der Waals surface area contributed by atoms with E-state index in [-0.39, 0.29) is 12.2 Å². The molecule has 1 amide bonds. The topological polar surface area (TPSA) is 110 Å². The van der Waals surface area contributed by atoms with Gasteiger partial charge in [0.25, 0.3) is 0 Å². The Bertz CT molecular complexity index is 833. The molecule has 0 aromatic carbocycles. The highest BCUT2D eigenvalue weighted by Crippen LogP contribution is 2.34. The summed E-state index contributed by atoms with van der Waals surface area (Å²) in [5.74, 6) is -0.258. The number of likely N-dealkylation sites (tertiary alicyclic amines) is 1. The van der Waals surface area contributed by atoms with Crippen LogP contribution in [0.3, 0.4) is 0 Å². The summed E-state index contributed by atoms with van der Waals surface area (Å²) in [5, 5.41) is 10.3. The van der Waals surface area contributed by atoms with Gasteiger partial charge >= 0.3 is 0 Å². The predicted molar refractivity (Wildman–Crippen MR) is 94.9 cm³/mol. The summed E-state index contributed by atoms with van der Waals surface area (Å²) in [4.78, 5) is 26.0. The number of rotatable bonds is 6. The van der Waals surface area contributed by atoms with E-state index in [9.17, 15) is 14.7 Å². The zero-order chi connectivity index (χ0) is 18.7. The number of hydrogen-bond donors (Lipinski definition) is 2. The first-order chi connectivity index (χ1) is 12.4. The van der Waals surface area contributed by atoms with Gasteiger partial charge in [-0.15, -0.1) is 0 Å². The molecule has 1 atom stereocenters. The van der Waals surface area contributed by atoms with Gasteiger partial charge in [-0.05, 0) is 45.0 Å². The summed E-state index contributed by atoms with van der Waals surface area (Å²) in [7, 11) is 0. The highest BCUT2D eigenvalue weighted by atomic mass is 16.4. The molecule has 2 aromatic rings. The summed E-state index contributed by atoms with van der Waals surface area (Å²) in [5.41, 5.74) is 4.83. The van der Waals surface area contributed by atoms with Gasteiger partial charge in [-0.2, -0.15) is 0 Å². The lowest BCUT2D eigenvalue weighted by Gasteiger charge is -2.26. The smallest absolute Gasteiger partial charge is 0.227 e. The molecule has 0 spiro atoms. The highest BCUT2D eigenvalue weighted by molar-refractivity contribution is 5.75. The van der Waals surface area contributed by atoms with Crippen molar-refractivity contribution >= 4 is 5.91 Å². The molecule has 3 N–H and O–H groups in total. The third-order valence-electron chi connectivity index (χ3n) is 4.65. The third kappa shape index (κ3) is 4.16. The first kappa shape index (κ1) is 18.3. The lowest BCUT2D eigenvalue weighted by Crippen LogP contribution is -2.29. The van der Waals surface area contributed by atoms with Crippen LogP contribution in [0.4, 0.5) is 0 Å². The van der Waals surface area contributed by atoms with Crippen molar-refractivity contribution in [2.45, 2.75) is 45.1 Å². The molecule has 1 fully saturated rings. The maximum absolute atomic E-state index is 12.3. The van der Waals surface area contributed by atoms with Crippen molar-refractivity contribution in [2.24, 2.45) is 5.73 Å². The third-order valence-corrected chi connectivity index (χ3v) is 4.65. The molecule has 3 rings (SSSR count). The number of nitrogens with two attached hydrogens (primary N) is 1. The Morgan fingerprint density at radius 3 is 2.62 bits per heavy atom. The lowest BCUT2D eigenvalue weighted by atomic mass is 9.97. The van der Waals surface area contributed by atoms with Crippen LogP contribution in [0.5, 0.6) is 5.75 Å². The lowest BCUT2D eigenvalue weighted by molar-refractivity contribution is -0.118. The van der Waals surface area contributed by atoms with E-state index in [4.69, 9.17) is 14.6 Å². The number of carbonyl (C=O) groups is 1. The molecule has 7 heteroatoms. The fourth-order valence-electron chi connectivity index (χ4n) is 3.37. The summed E-state index contributed by atoms with van der Waals surface area (Å²) >= 11 is 0. The second-order valence-electron chi connectivity index (χ2n) is 6.80. The maximum atomic E-state index is 12.3. The molecule has 2 aromatic heterocycles. The number of aryl methyl sites for hydroxylation is 1. The molecule has 0 radical (unpaired) electrons. The molecule has 0 bridgehead atoms. The van der Waals surface area contributed by atoms with E-state index in [0.29, 0.717) is 23.8 Å². The summed E-state index contributed by atoms with van der Waals surface area (Å²) in [6, 6.07) is 4.75. The van der Waals surface area contributed by atoms with E-state index in [0.717, 1.165) is 25.9 Å². The zero-order valence-electron chi connectivity index (χ0n) is 14.9. The van der Waals surface area contributed by atoms with Crippen molar-refractivity contribution in [2.75, 3.05) is 13.1 Å². The van der Waals surface area contributed by atoms with Crippen LogP contribution in [0, 0.1) is 6.92 Å². The van der Waals surface area contributed by atoms with Gasteiger partial charge in [0.15, 0.2) is 5.76 Å². The van der Waals surface area contributed by atoms with Gasteiger partial charge in [0.2, 0.25) is 17.1 Å². The molecule has 1 unspecified atom stereocenters. The van der Waals surface area contributed by atoms with Crippen LogP contribution < -0.4 is 11.2 Å². The normalized spacial score (nSPS) is 16.5. The first-order valence-corrected chi connectivity index (χ1v) is 8.87. The van der Waals surface area contributed by atoms with E-state index in [1.165, 1.54) is 12.5 Å². The summed E-state index contributed by atoms with van der Waals surface area (Å²) in [6.07, 6.45) is 3.31. The highest BCUT2D eigenvalue weighted by Gasteiger charge is 2.28. The monoisotopic (exact) mass is 360 g/mol. The first-order valence-electron chi connectivity index (χ1n) is 8.87. The van der Waals surface area contributed by atoms with Gasteiger partial charge in [-0.1, -0.05) is 6.42 Å². The summed E-state index contributed by atoms with van der Waals surface area (Å²) in [6.45, 7) is 4.15. The maximum Gasteiger partial charge on any atom is 0.227 e. The van der Waals surface area contributed by atoms with E-state index < -0.39 is 23.0 Å². The van der Waals surface area contributed by atoms with Crippen molar-refractivity contribution in [3.63, 3.8) is 0 Å². The molecule has 26 heavy (non-hydrogen) atoms. The number of amides is 1. The molecular formula is C19H24N2O5. The van der Waals surface area contributed by atoms with Crippen LogP contribution in [0.15, 0.2) is 31.8 Å². The molecule has 1 saturated heterocycles. The molecule has 1 aliphatic heterocycles. The van der Waals surface area contributed by atoms with Crippen LogP contribution in [-0.2, 0) is 11.3 Å². The van der Waals surface area contributed by atoms with Crippen molar-refractivity contribution in [3.8, 4) is 5.75 Å². The van der Waals surface area contributed by atoms with Crippen molar-refractivity contribution in [3.05, 3.63) is 51.5 Å². The number of nitrogens with zero attached hydrogens (tertiary/aromatic N) is 1. The van der Waals surface area contributed by atoms with E-state index in [1.807, 2.05) is 0 Å². The number of aromatic hydroxyl groups is 1. The number of furan rings is 1. The molecule has 1 aliphatic rings. The van der Waals surface area contributed by atoms with Gasteiger partial charge in [0.05, 0.1) is 12.5 Å². The van der Waals surface area contributed by atoms with Crippen molar-refractivity contribution in [1.29, 1.82) is 0 Å². The number of hydrogen-bond acceptors (Lipinski definition) is 6. The standard InChI is InChI=1S/C19H24N2O5/c1-12-5-6-16(25-12)14(10-17(20)23)19-18(24)15(22)9-13(26-19)11-21-7-3-2-4-8-21/h5-6,9,14,24H,2-4,7-8,10-11H2,1H3,(H2,20,23). The number of primary amides is 1. The SMILES string of the molecule is Cc1ccc(C(CC(N)=O)c2oc(CN3CCCCC3)cc(=O)c2O)o1. The molecule has 0 aliphatic carbocycles. The minimum absolute atomic E-state index is 0.0256. The largest absolute Gasteiger partial charge is 0.502 e. The zero-order valence-corrected chi connectivity index (χ0v) is 14.9. The van der Waals surface area contributed by atoms with Gasteiger partial charge in [0.1, 0.15) is 17.3 Å². The number of piperidine rings is 1. The average molecular weight is 360 g/mol. The summed E-state index contributed by atoms with van der Waals surface area (Å²) < 4.78 is 11.5. The quantitative estimate of drug-likeness (QED) is 0.817.